The highest BCUT2D eigenvalue weighted by molar-refractivity contribution is 7.14. The molecule has 5 nitrogen and oxygen atoms in total. The largest absolute Gasteiger partial charge is 0.491 e. The maximum absolute atomic E-state index is 14.7. The summed E-state index contributed by atoms with van der Waals surface area (Å²) in [6.07, 6.45) is 3.64. The second-order valence-corrected chi connectivity index (χ2v) is 6.78. The van der Waals surface area contributed by atoms with Crippen molar-refractivity contribution in [3.05, 3.63) is 34.6 Å². The number of carbonyl (C=O) groups excluding carboxylic acids is 1. The lowest BCUT2D eigenvalue weighted by Crippen LogP contribution is -2.16. The molecule has 1 aromatic carbocycles. The summed E-state index contributed by atoms with van der Waals surface area (Å²) in [6.45, 7) is 2.98. The molecule has 0 spiro atoms. The summed E-state index contributed by atoms with van der Waals surface area (Å²) in [5.74, 6) is -1.000. The number of ether oxygens (including phenoxy) is 3. The van der Waals surface area contributed by atoms with Crippen LogP contribution in [0.2, 0.25) is 0 Å². The molecule has 2 aromatic rings. The summed E-state index contributed by atoms with van der Waals surface area (Å²) >= 11 is 1.35. The van der Waals surface area contributed by atoms with Crippen molar-refractivity contribution in [2.45, 2.75) is 25.9 Å². The Bertz CT molecular complexity index is 740. The highest BCUT2D eigenvalue weighted by Crippen LogP contribution is 2.33. The molecule has 0 radical (unpaired) electrons. The predicted octanol–water partition coefficient (Wildman–Crippen LogP) is 3.60. The predicted molar refractivity (Wildman–Crippen MR) is 88.1 cm³/mol. The molecular formula is C17H18FNO4S. The number of benzene rings is 1. The van der Waals surface area contributed by atoms with Gasteiger partial charge in [0.15, 0.2) is 0 Å². The minimum Gasteiger partial charge on any atom is -0.491 e. The molecule has 7 heteroatoms. The Morgan fingerprint density at radius 2 is 2.33 bits per heavy atom. The van der Waals surface area contributed by atoms with E-state index < -0.39 is 11.8 Å². The smallest absolute Gasteiger partial charge is 0.341 e. The third kappa shape index (κ3) is 3.57. The molecule has 0 saturated carbocycles. The molecule has 1 aliphatic heterocycles. The van der Waals surface area contributed by atoms with Crippen LogP contribution in [0.1, 0.15) is 28.1 Å². The van der Waals surface area contributed by atoms with Gasteiger partial charge in [-0.15, -0.1) is 11.3 Å². The summed E-state index contributed by atoms with van der Waals surface area (Å²) in [7, 11) is 1.22. The lowest BCUT2D eigenvalue weighted by atomic mass is 10.1. The van der Waals surface area contributed by atoms with Crippen LogP contribution in [0.25, 0.3) is 10.6 Å². The van der Waals surface area contributed by atoms with Gasteiger partial charge in [-0.1, -0.05) is 0 Å². The molecule has 24 heavy (non-hydrogen) atoms. The van der Waals surface area contributed by atoms with Crippen molar-refractivity contribution in [1.29, 1.82) is 0 Å². The van der Waals surface area contributed by atoms with E-state index in [1.54, 1.807) is 12.3 Å². The Hall–Kier alpha value is -1.99. The van der Waals surface area contributed by atoms with Crippen LogP contribution < -0.4 is 4.74 Å². The van der Waals surface area contributed by atoms with Gasteiger partial charge in [-0.2, -0.15) is 0 Å². The zero-order valence-electron chi connectivity index (χ0n) is 13.5. The first kappa shape index (κ1) is 16.9. The Kier molecular flexibility index (Phi) is 5.11. The van der Waals surface area contributed by atoms with E-state index in [-0.39, 0.29) is 17.2 Å². The Balaban J connectivity index is 1.94. The van der Waals surface area contributed by atoms with E-state index in [1.165, 1.54) is 24.5 Å². The Morgan fingerprint density at radius 3 is 2.96 bits per heavy atom. The highest BCUT2D eigenvalue weighted by atomic mass is 32.1. The summed E-state index contributed by atoms with van der Waals surface area (Å²) in [6, 6.07) is 2.93. The maximum atomic E-state index is 14.7. The van der Waals surface area contributed by atoms with Crippen molar-refractivity contribution in [2.75, 3.05) is 20.3 Å². The molecule has 128 valence electrons. The quantitative estimate of drug-likeness (QED) is 0.771. The van der Waals surface area contributed by atoms with E-state index in [0.717, 1.165) is 24.3 Å². The van der Waals surface area contributed by atoms with Crippen LogP contribution in [-0.4, -0.2) is 37.4 Å². The van der Waals surface area contributed by atoms with Crippen molar-refractivity contribution in [2.24, 2.45) is 0 Å². The normalized spacial score (nSPS) is 17.0. The van der Waals surface area contributed by atoms with Gasteiger partial charge in [0, 0.05) is 17.7 Å². The van der Waals surface area contributed by atoms with Crippen molar-refractivity contribution < 1.29 is 23.4 Å². The molecular weight excluding hydrogens is 333 g/mol. The first-order chi connectivity index (χ1) is 11.6. The van der Waals surface area contributed by atoms with Crippen LogP contribution in [0.15, 0.2) is 18.3 Å². The fraction of sp³-hybridized carbons (Fsp3) is 0.412. The Labute approximate surface area is 143 Å². The zero-order valence-corrected chi connectivity index (χ0v) is 14.3. The van der Waals surface area contributed by atoms with E-state index in [4.69, 9.17) is 9.47 Å². The number of carbonyl (C=O) groups is 1. The minimum absolute atomic E-state index is 0.0298. The maximum Gasteiger partial charge on any atom is 0.341 e. The summed E-state index contributed by atoms with van der Waals surface area (Å²) in [5.41, 5.74) is 0.0727. The molecule has 1 fully saturated rings. The van der Waals surface area contributed by atoms with E-state index in [0.29, 0.717) is 17.4 Å². The van der Waals surface area contributed by atoms with Crippen LogP contribution in [0.4, 0.5) is 4.39 Å². The number of nitrogens with zero attached hydrogens (tertiary/aromatic N) is 1. The zero-order chi connectivity index (χ0) is 17.1. The molecule has 2 heterocycles. The summed E-state index contributed by atoms with van der Waals surface area (Å²) < 4.78 is 30.6. The monoisotopic (exact) mass is 351 g/mol. The fourth-order valence-electron chi connectivity index (χ4n) is 2.54. The molecule has 0 aliphatic carbocycles. The lowest BCUT2D eigenvalue weighted by molar-refractivity contribution is 0.0592. The van der Waals surface area contributed by atoms with Crippen molar-refractivity contribution in [1.82, 2.24) is 4.98 Å². The average molecular weight is 351 g/mol. The standard InChI is InChI=1S/C17H18FNO4S/c1-10-8-19-16(24-10)13-6-12(23-9-11-4-3-5-22-11)7-14(15(13)18)17(20)21-2/h6-8,11H,3-5,9H2,1-2H3/t11-/m1/s1. The number of thiazole rings is 1. The average Bonchev–Trinajstić information content (AvgIpc) is 3.24. The van der Waals surface area contributed by atoms with Gasteiger partial charge in [0.25, 0.3) is 0 Å². The number of aromatic nitrogens is 1. The number of esters is 1. The molecule has 3 rings (SSSR count). The SMILES string of the molecule is COC(=O)c1cc(OC[C@H]2CCCO2)cc(-c2ncc(C)s2)c1F. The molecule has 0 N–H and O–H groups in total. The number of hydrogen-bond donors (Lipinski definition) is 0. The molecule has 0 amide bonds. The number of aryl methyl sites for hydroxylation is 1. The van der Waals surface area contributed by atoms with Gasteiger partial charge in [0.1, 0.15) is 23.2 Å². The van der Waals surface area contributed by atoms with Crippen LogP contribution in [-0.2, 0) is 9.47 Å². The number of halogens is 1. The van der Waals surface area contributed by atoms with Gasteiger partial charge in [-0.3, -0.25) is 0 Å². The van der Waals surface area contributed by atoms with Gasteiger partial charge in [0.2, 0.25) is 0 Å². The molecule has 1 atom stereocenters. The Morgan fingerprint density at radius 1 is 1.50 bits per heavy atom. The van der Waals surface area contributed by atoms with Gasteiger partial charge in [-0.25, -0.2) is 14.2 Å². The van der Waals surface area contributed by atoms with E-state index in [2.05, 4.69) is 9.72 Å². The number of methoxy groups -OCH3 is 1. The first-order valence-corrected chi connectivity index (χ1v) is 8.49. The molecule has 1 aliphatic rings. The van der Waals surface area contributed by atoms with Gasteiger partial charge in [-0.05, 0) is 31.9 Å². The van der Waals surface area contributed by atoms with Crippen LogP contribution in [0, 0.1) is 12.7 Å². The molecule has 0 bridgehead atoms. The van der Waals surface area contributed by atoms with Crippen LogP contribution in [0.5, 0.6) is 5.75 Å². The molecule has 0 unspecified atom stereocenters. The molecule has 1 aromatic heterocycles. The highest BCUT2D eigenvalue weighted by Gasteiger charge is 2.22. The van der Waals surface area contributed by atoms with Crippen molar-refractivity contribution in [3.63, 3.8) is 0 Å². The number of rotatable bonds is 5. The van der Waals surface area contributed by atoms with Crippen LogP contribution in [0.3, 0.4) is 0 Å². The van der Waals surface area contributed by atoms with E-state index in [9.17, 15) is 9.18 Å². The third-order valence-corrected chi connectivity index (χ3v) is 4.71. The lowest BCUT2D eigenvalue weighted by Gasteiger charge is -2.14. The van der Waals surface area contributed by atoms with Gasteiger partial charge < -0.3 is 14.2 Å². The topological polar surface area (TPSA) is 57.7 Å². The summed E-state index contributed by atoms with van der Waals surface area (Å²) in [4.78, 5) is 17.0. The van der Waals surface area contributed by atoms with E-state index >= 15 is 0 Å². The van der Waals surface area contributed by atoms with Crippen LogP contribution >= 0.6 is 11.3 Å². The minimum atomic E-state index is -0.746. The van der Waals surface area contributed by atoms with Crippen molar-refractivity contribution in [3.8, 4) is 16.3 Å². The second-order valence-electron chi connectivity index (χ2n) is 5.55. The van der Waals surface area contributed by atoms with Gasteiger partial charge in [0.05, 0.1) is 24.3 Å². The fourth-order valence-corrected chi connectivity index (χ4v) is 3.31. The van der Waals surface area contributed by atoms with Gasteiger partial charge >= 0.3 is 5.97 Å². The van der Waals surface area contributed by atoms with Crippen molar-refractivity contribution >= 4 is 17.3 Å². The number of hydrogen-bond acceptors (Lipinski definition) is 6. The van der Waals surface area contributed by atoms with E-state index in [1.807, 2.05) is 6.92 Å². The second kappa shape index (κ2) is 7.27. The third-order valence-electron chi connectivity index (χ3n) is 3.76. The molecule has 1 saturated heterocycles. The summed E-state index contributed by atoms with van der Waals surface area (Å²) in [5, 5.41) is 0.498. The first-order valence-electron chi connectivity index (χ1n) is 7.67.